The molecule has 0 saturated carbocycles. The molecule has 0 unspecified atom stereocenters. The molecule has 0 saturated heterocycles. The Labute approximate surface area is 142 Å². The molecule has 1 aromatic heterocycles. The van der Waals surface area contributed by atoms with Crippen molar-refractivity contribution in [2.75, 3.05) is 11.4 Å². The minimum atomic E-state index is -0.0771. The zero-order chi connectivity index (χ0) is 16.4. The van der Waals surface area contributed by atoms with Gasteiger partial charge in [-0.15, -0.1) is 0 Å². The van der Waals surface area contributed by atoms with E-state index in [9.17, 15) is 5.11 Å². The third kappa shape index (κ3) is 3.05. The predicted molar refractivity (Wildman–Crippen MR) is 94.1 cm³/mol. The van der Waals surface area contributed by atoms with Crippen LogP contribution in [-0.2, 0) is 26.2 Å². The molecule has 2 heterocycles. The van der Waals surface area contributed by atoms with Crippen LogP contribution < -0.4 is 4.90 Å². The number of aryl methyl sites for hydroxylation is 2. The van der Waals surface area contributed by atoms with Crippen LogP contribution in [0.1, 0.15) is 36.7 Å². The van der Waals surface area contributed by atoms with Gasteiger partial charge < -0.3 is 14.6 Å². The first-order valence-corrected chi connectivity index (χ1v) is 8.67. The molecule has 1 aliphatic rings. The first-order chi connectivity index (χ1) is 11.2. The summed E-state index contributed by atoms with van der Waals surface area (Å²) in [6, 6.07) is 6.50. The van der Waals surface area contributed by atoms with Crippen LogP contribution in [0, 0.1) is 11.7 Å². The van der Waals surface area contributed by atoms with E-state index in [0.717, 1.165) is 32.4 Å². The van der Waals surface area contributed by atoms with Crippen LogP contribution in [-0.4, -0.2) is 26.0 Å². The molecule has 5 nitrogen and oxygen atoms in total. The van der Waals surface area contributed by atoms with Gasteiger partial charge in [-0.3, -0.25) is 0 Å². The summed E-state index contributed by atoms with van der Waals surface area (Å²) >= 11 is 5.57. The Morgan fingerprint density at radius 2 is 2.17 bits per heavy atom. The molecule has 1 aliphatic heterocycles. The zero-order valence-electron chi connectivity index (χ0n) is 13.8. The largest absolute Gasteiger partial charge is 0.388 e. The molecule has 1 N–H and O–H groups in total. The lowest BCUT2D eigenvalue weighted by molar-refractivity contribution is 0.263. The molecule has 23 heavy (non-hydrogen) atoms. The number of hydrogen-bond acceptors (Lipinski definition) is 4. The molecular formula is C17H24N4OS. The topological polar surface area (TPSA) is 46.2 Å². The van der Waals surface area contributed by atoms with E-state index in [1.165, 1.54) is 16.8 Å². The van der Waals surface area contributed by atoms with Gasteiger partial charge in [0, 0.05) is 18.8 Å². The monoisotopic (exact) mass is 332 g/mol. The van der Waals surface area contributed by atoms with Gasteiger partial charge in [0.25, 0.3) is 0 Å². The molecule has 6 heteroatoms. The maximum Gasteiger partial charge on any atom is 0.199 e. The number of aromatic nitrogens is 3. The summed E-state index contributed by atoms with van der Waals surface area (Å²) in [6.07, 6.45) is 3.25. The fourth-order valence-corrected chi connectivity index (χ4v) is 3.69. The second-order valence-electron chi connectivity index (χ2n) is 6.10. The van der Waals surface area contributed by atoms with E-state index in [2.05, 4.69) is 42.0 Å². The van der Waals surface area contributed by atoms with Crippen LogP contribution in [0.25, 0.3) is 0 Å². The van der Waals surface area contributed by atoms with Gasteiger partial charge in [0.2, 0.25) is 0 Å². The van der Waals surface area contributed by atoms with E-state index < -0.39 is 0 Å². The van der Waals surface area contributed by atoms with E-state index >= 15 is 0 Å². The number of para-hydroxylation sites is 1. The summed E-state index contributed by atoms with van der Waals surface area (Å²) in [7, 11) is 0. The number of hydrogen-bond donors (Lipinski definition) is 1. The van der Waals surface area contributed by atoms with Crippen molar-refractivity contribution in [3.63, 3.8) is 0 Å². The van der Waals surface area contributed by atoms with E-state index in [1.807, 2.05) is 9.25 Å². The summed E-state index contributed by atoms with van der Waals surface area (Å²) in [5, 5.41) is 14.1. The fourth-order valence-electron chi connectivity index (χ4n) is 3.39. The summed E-state index contributed by atoms with van der Waals surface area (Å²) in [5.41, 5.74) is 4.01. The van der Waals surface area contributed by atoms with Crippen LogP contribution in [0.5, 0.6) is 0 Å². The van der Waals surface area contributed by atoms with Gasteiger partial charge in [-0.2, -0.15) is 5.10 Å². The SMILES string of the molecule is CCCn1c(CO)nn(CN2CCCc3cccc(C)c32)c1=S. The van der Waals surface area contributed by atoms with Crippen LogP contribution in [0.15, 0.2) is 18.2 Å². The molecule has 0 fully saturated rings. The van der Waals surface area contributed by atoms with Crippen LogP contribution in [0.3, 0.4) is 0 Å². The van der Waals surface area contributed by atoms with E-state index in [-0.39, 0.29) is 6.61 Å². The summed E-state index contributed by atoms with van der Waals surface area (Å²) in [4.78, 5) is 2.36. The Kier molecular flexibility index (Phi) is 4.82. The first kappa shape index (κ1) is 16.2. The van der Waals surface area contributed by atoms with Crippen molar-refractivity contribution in [1.82, 2.24) is 14.3 Å². The van der Waals surface area contributed by atoms with Gasteiger partial charge in [-0.1, -0.05) is 25.1 Å². The number of fused-ring (bicyclic) bond motifs is 1. The number of anilines is 1. The molecule has 3 rings (SSSR count). The number of aliphatic hydroxyl groups is 1. The first-order valence-electron chi connectivity index (χ1n) is 8.26. The summed E-state index contributed by atoms with van der Waals surface area (Å²) in [5.74, 6) is 0.652. The molecule has 0 bridgehead atoms. The molecule has 0 radical (unpaired) electrons. The molecule has 124 valence electrons. The number of nitrogens with zero attached hydrogens (tertiary/aromatic N) is 4. The Morgan fingerprint density at radius 1 is 1.35 bits per heavy atom. The van der Waals surface area contributed by atoms with Crippen LogP contribution >= 0.6 is 12.2 Å². The van der Waals surface area contributed by atoms with Crippen molar-refractivity contribution in [2.24, 2.45) is 0 Å². The lowest BCUT2D eigenvalue weighted by Gasteiger charge is -2.32. The molecule has 1 aromatic carbocycles. The second-order valence-corrected chi connectivity index (χ2v) is 6.46. The van der Waals surface area contributed by atoms with E-state index in [0.29, 0.717) is 17.3 Å². The summed E-state index contributed by atoms with van der Waals surface area (Å²) < 4.78 is 4.48. The standard InChI is InChI=1S/C17H24N4OS/c1-3-9-20-15(11-22)18-21(17(20)23)12-19-10-5-8-14-7-4-6-13(2)16(14)19/h4,6-7,22H,3,5,8-12H2,1-2H3. The van der Waals surface area contributed by atoms with Gasteiger partial charge >= 0.3 is 0 Å². The van der Waals surface area contributed by atoms with Crippen molar-refractivity contribution in [1.29, 1.82) is 0 Å². The maximum absolute atomic E-state index is 9.53. The second kappa shape index (κ2) is 6.84. The quantitative estimate of drug-likeness (QED) is 0.855. The molecule has 0 atom stereocenters. The zero-order valence-corrected chi connectivity index (χ0v) is 14.6. The van der Waals surface area contributed by atoms with Gasteiger partial charge in [0.15, 0.2) is 10.6 Å². The van der Waals surface area contributed by atoms with Gasteiger partial charge in [0.1, 0.15) is 13.3 Å². The highest BCUT2D eigenvalue weighted by Gasteiger charge is 2.20. The smallest absolute Gasteiger partial charge is 0.199 e. The van der Waals surface area contributed by atoms with Crippen molar-refractivity contribution < 1.29 is 5.11 Å². The molecule has 0 aliphatic carbocycles. The normalized spacial score (nSPS) is 14.1. The maximum atomic E-state index is 9.53. The van der Waals surface area contributed by atoms with Crippen molar-refractivity contribution in [3.8, 4) is 0 Å². The number of rotatable bonds is 5. The Hall–Kier alpha value is -1.66. The van der Waals surface area contributed by atoms with Crippen molar-refractivity contribution in [3.05, 3.63) is 39.9 Å². The lowest BCUT2D eigenvalue weighted by Crippen LogP contribution is -2.32. The molecular weight excluding hydrogens is 308 g/mol. The van der Waals surface area contributed by atoms with Gasteiger partial charge in [0.05, 0.1) is 0 Å². The summed E-state index contributed by atoms with van der Waals surface area (Å²) in [6.45, 7) is 6.63. The highest BCUT2D eigenvalue weighted by atomic mass is 32.1. The fraction of sp³-hybridized carbons (Fsp3) is 0.529. The third-order valence-electron chi connectivity index (χ3n) is 4.40. The average Bonchev–Trinajstić information content (AvgIpc) is 2.84. The molecule has 0 spiro atoms. The minimum absolute atomic E-state index is 0.0771. The average molecular weight is 332 g/mol. The Balaban J connectivity index is 1.94. The minimum Gasteiger partial charge on any atom is -0.388 e. The van der Waals surface area contributed by atoms with Gasteiger partial charge in [-0.25, -0.2) is 4.68 Å². The van der Waals surface area contributed by atoms with Gasteiger partial charge in [-0.05, 0) is 49.5 Å². The Bertz CT molecular complexity index is 750. The number of benzene rings is 1. The van der Waals surface area contributed by atoms with Crippen molar-refractivity contribution in [2.45, 2.75) is 52.9 Å². The highest BCUT2D eigenvalue weighted by molar-refractivity contribution is 7.71. The molecule has 0 amide bonds. The lowest BCUT2D eigenvalue weighted by atomic mass is 9.99. The van der Waals surface area contributed by atoms with E-state index in [4.69, 9.17) is 12.2 Å². The van der Waals surface area contributed by atoms with E-state index in [1.54, 1.807) is 0 Å². The van der Waals surface area contributed by atoms with Crippen LogP contribution in [0.4, 0.5) is 5.69 Å². The highest BCUT2D eigenvalue weighted by Crippen LogP contribution is 2.30. The number of aliphatic hydroxyl groups excluding tert-OH is 1. The predicted octanol–water partition coefficient (Wildman–Crippen LogP) is 3.04. The van der Waals surface area contributed by atoms with Crippen LogP contribution in [0.2, 0.25) is 0 Å². The third-order valence-corrected chi connectivity index (χ3v) is 4.84. The molecule has 2 aromatic rings. The van der Waals surface area contributed by atoms with Crippen molar-refractivity contribution >= 4 is 17.9 Å². The Morgan fingerprint density at radius 3 is 2.91 bits per heavy atom.